The first-order valence-corrected chi connectivity index (χ1v) is 5.55. The highest BCUT2D eigenvalue weighted by Crippen LogP contribution is 2.33. The molecule has 0 aliphatic rings. The molecule has 2 nitrogen and oxygen atoms in total. The van der Waals surface area contributed by atoms with Gasteiger partial charge in [-0.3, -0.25) is 4.79 Å². The number of hydrogen-bond donors (Lipinski definition) is 1. The van der Waals surface area contributed by atoms with Crippen LogP contribution in [0, 0.1) is 0 Å². The van der Waals surface area contributed by atoms with E-state index in [9.17, 15) is 4.79 Å². The van der Waals surface area contributed by atoms with E-state index in [0.29, 0.717) is 21.2 Å². The van der Waals surface area contributed by atoms with E-state index >= 15 is 0 Å². The quantitative estimate of drug-likeness (QED) is 0.837. The van der Waals surface area contributed by atoms with Crippen molar-refractivity contribution < 1.29 is 0 Å². The number of benzene rings is 1. The first-order chi connectivity index (χ1) is 7.59. The maximum atomic E-state index is 11.3. The van der Waals surface area contributed by atoms with Gasteiger partial charge in [-0.05, 0) is 24.3 Å². The van der Waals surface area contributed by atoms with Crippen molar-refractivity contribution in [2.45, 2.75) is 0 Å². The second-order valence-electron chi connectivity index (χ2n) is 3.16. The predicted molar refractivity (Wildman–Crippen MR) is 67.5 cm³/mol. The van der Waals surface area contributed by atoms with Crippen LogP contribution in [-0.4, -0.2) is 4.98 Å². The zero-order valence-corrected chi connectivity index (χ0v) is 10.2. The van der Waals surface area contributed by atoms with Gasteiger partial charge in [-0.25, -0.2) is 0 Å². The highest BCUT2D eigenvalue weighted by molar-refractivity contribution is 6.37. The number of hydrogen-bond acceptors (Lipinski definition) is 1. The first kappa shape index (κ1) is 11.5. The van der Waals surface area contributed by atoms with Crippen LogP contribution in [0.2, 0.25) is 15.1 Å². The summed E-state index contributed by atoms with van der Waals surface area (Å²) < 4.78 is 0. The zero-order valence-electron chi connectivity index (χ0n) is 7.93. The third-order valence-electron chi connectivity index (χ3n) is 2.12. The lowest BCUT2D eigenvalue weighted by Crippen LogP contribution is -2.05. The minimum atomic E-state index is -0.352. The minimum Gasteiger partial charge on any atom is -0.328 e. The molecule has 2 aromatic rings. The Kier molecular flexibility index (Phi) is 3.24. The molecule has 16 heavy (non-hydrogen) atoms. The van der Waals surface area contributed by atoms with Gasteiger partial charge < -0.3 is 4.98 Å². The molecule has 0 fully saturated rings. The molecule has 0 bridgehead atoms. The van der Waals surface area contributed by atoms with Crippen LogP contribution >= 0.6 is 34.8 Å². The summed E-state index contributed by atoms with van der Waals surface area (Å²) in [4.78, 5) is 13.8. The van der Waals surface area contributed by atoms with Crippen LogP contribution in [0.5, 0.6) is 0 Å². The molecule has 0 saturated carbocycles. The van der Waals surface area contributed by atoms with Gasteiger partial charge in [0, 0.05) is 27.4 Å². The number of rotatable bonds is 1. The fourth-order valence-electron chi connectivity index (χ4n) is 1.37. The minimum absolute atomic E-state index is 0.103. The Morgan fingerprint density at radius 3 is 2.50 bits per heavy atom. The Morgan fingerprint density at radius 1 is 1.00 bits per heavy atom. The largest absolute Gasteiger partial charge is 0.328 e. The van der Waals surface area contributed by atoms with Crippen LogP contribution < -0.4 is 5.56 Å². The molecule has 0 aliphatic heterocycles. The predicted octanol–water partition coefficient (Wildman–Crippen LogP) is 4.00. The van der Waals surface area contributed by atoms with E-state index in [1.807, 2.05) is 0 Å². The maximum absolute atomic E-state index is 11.3. The summed E-state index contributed by atoms with van der Waals surface area (Å²) in [6.07, 6.45) is 1.51. The van der Waals surface area contributed by atoms with Crippen LogP contribution in [0.4, 0.5) is 0 Å². The second-order valence-corrected chi connectivity index (χ2v) is 4.38. The van der Waals surface area contributed by atoms with Gasteiger partial charge in [0.05, 0.1) is 0 Å². The number of H-pyrrole nitrogens is 1. The SMILES string of the molecule is O=c1[nH]ccc(-c2cc(Cl)ccc2Cl)c1Cl. The molecular formula is C11H6Cl3NO. The third-order valence-corrected chi connectivity index (χ3v) is 3.06. The van der Waals surface area contributed by atoms with Gasteiger partial charge >= 0.3 is 0 Å². The van der Waals surface area contributed by atoms with E-state index in [4.69, 9.17) is 34.8 Å². The molecule has 1 aromatic heterocycles. The summed E-state index contributed by atoms with van der Waals surface area (Å²) in [5.74, 6) is 0. The standard InChI is InChI=1S/C11H6Cl3NO/c12-6-1-2-9(13)8(5-6)7-3-4-15-11(16)10(7)14/h1-5H,(H,15,16). The number of pyridine rings is 1. The van der Waals surface area contributed by atoms with Crippen molar-refractivity contribution >= 4 is 34.8 Å². The van der Waals surface area contributed by atoms with Crippen LogP contribution in [0.3, 0.4) is 0 Å². The summed E-state index contributed by atoms with van der Waals surface area (Å²) in [7, 11) is 0. The van der Waals surface area contributed by atoms with E-state index in [2.05, 4.69) is 4.98 Å². The lowest BCUT2D eigenvalue weighted by molar-refractivity contribution is 1.24. The molecule has 0 aliphatic carbocycles. The van der Waals surface area contributed by atoms with Gasteiger partial charge in [-0.15, -0.1) is 0 Å². The fourth-order valence-corrected chi connectivity index (χ4v) is 1.98. The molecular weight excluding hydrogens is 268 g/mol. The van der Waals surface area contributed by atoms with Crippen LogP contribution in [0.25, 0.3) is 11.1 Å². The Labute approximate surface area is 107 Å². The summed E-state index contributed by atoms with van der Waals surface area (Å²) in [6.45, 7) is 0. The summed E-state index contributed by atoms with van der Waals surface area (Å²) in [6, 6.07) is 6.69. The Hall–Kier alpha value is -0.960. The molecule has 0 spiro atoms. The van der Waals surface area contributed by atoms with Crippen LogP contribution in [-0.2, 0) is 0 Å². The van der Waals surface area contributed by atoms with Crippen LogP contribution in [0.1, 0.15) is 0 Å². The monoisotopic (exact) mass is 273 g/mol. The molecule has 1 N–H and O–H groups in total. The van der Waals surface area contributed by atoms with Gasteiger partial charge in [-0.2, -0.15) is 0 Å². The maximum Gasteiger partial charge on any atom is 0.267 e. The molecule has 1 aromatic carbocycles. The molecule has 0 amide bonds. The van der Waals surface area contributed by atoms with E-state index in [0.717, 1.165) is 0 Å². The van der Waals surface area contributed by atoms with Gasteiger partial charge in [0.15, 0.2) is 0 Å². The normalized spacial score (nSPS) is 10.4. The summed E-state index contributed by atoms with van der Waals surface area (Å²) >= 11 is 17.8. The molecule has 5 heteroatoms. The zero-order chi connectivity index (χ0) is 11.7. The third kappa shape index (κ3) is 2.09. The number of aromatic nitrogens is 1. The molecule has 0 unspecified atom stereocenters. The van der Waals surface area contributed by atoms with E-state index in [1.54, 1.807) is 24.3 Å². The van der Waals surface area contributed by atoms with Crippen molar-refractivity contribution in [1.82, 2.24) is 4.98 Å². The van der Waals surface area contributed by atoms with Crippen molar-refractivity contribution in [1.29, 1.82) is 0 Å². The van der Waals surface area contributed by atoms with Gasteiger partial charge in [-0.1, -0.05) is 34.8 Å². The van der Waals surface area contributed by atoms with E-state index < -0.39 is 0 Å². The van der Waals surface area contributed by atoms with Crippen molar-refractivity contribution in [3.05, 3.63) is 55.9 Å². The van der Waals surface area contributed by atoms with Gasteiger partial charge in [0.25, 0.3) is 5.56 Å². The van der Waals surface area contributed by atoms with Crippen molar-refractivity contribution in [2.75, 3.05) is 0 Å². The van der Waals surface area contributed by atoms with E-state index in [-0.39, 0.29) is 10.6 Å². The van der Waals surface area contributed by atoms with Crippen molar-refractivity contribution in [3.63, 3.8) is 0 Å². The fraction of sp³-hybridized carbons (Fsp3) is 0. The average molecular weight is 275 g/mol. The average Bonchev–Trinajstić information content (AvgIpc) is 2.26. The Bertz CT molecular complexity index is 592. The molecule has 0 atom stereocenters. The summed E-state index contributed by atoms with van der Waals surface area (Å²) in [5.41, 5.74) is 0.860. The molecule has 0 saturated heterocycles. The first-order valence-electron chi connectivity index (χ1n) is 4.42. The smallest absolute Gasteiger partial charge is 0.267 e. The molecule has 1 heterocycles. The highest BCUT2D eigenvalue weighted by atomic mass is 35.5. The number of aromatic amines is 1. The summed E-state index contributed by atoms with van der Waals surface area (Å²) in [5, 5.41) is 1.14. The molecule has 0 radical (unpaired) electrons. The number of nitrogens with one attached hydrogen (secondary N) is 1. The molecule has 2 rings (SSSR count). The second kappa shape index (κ2) is 4.50. The Balaban J connectivity index is 2.72. The Morgan fingerprint density at radius 2 is 1.75 bits per heavy atom. The number of halogens is 3. The van der Waals surface area contributed by atoms with Gasteiger partial charge in [0.2, 0.25) is 0 Å². The van der Waals surface area contributed by atoms with Crippen LogP contribution in [0.15, 0.2) is 35.3 Å². The highest BCUT2D eigenvalue weighted by Gasteiger charge is 2.10. The lowest BCUT2D eigenvalue weighted by atomic mass is 10.1. The van der Waals surface area contributed by atoms with Gasteiger partial charge in [0.1, 0.15) is 5.02 Å². The van der Waals surface area contributed by atoms with E-state index in [1.165, 1.54) is 6.20 Å². The topological polar surface area (TPSA) is 32.9 Å². The van der Waals surface area contributed by atoms with Crippen molar-refractivity contribution in [2.24, 2.45) is 0 Å². The van der Waals surface area contributed by atoms with Crippen molar-refractivity contribution in [3.8, 4) is 11.1 Å². The molecule has 82 valence electrons. The lowest BCUT2D eigenvalue weighted by Gasteiger charge is -2.06.